The number of nitrogens with zero attached hydrogens (tertiary/aromatic N) is 2. The lowest BCUT2D eigenvalue weighted by Crippen LogP contribution is -2.40. The van der Waals surface area contributed by atoms with Crippen molar-refractivity contribution in [2.75, 3.05) is 13.1 Å². The first-order chi connectivity index (χ1) is 16.1. The highest BCUT2D eigenvalue weighted by Gasteiger charge is 2.57. The number of ether oxygens (including phenoxy) is 2. The minimum Gasteiger partial charge on any atom is -0.473 e. The molecule has 3 aromatic rings. The predicted octanol–water partition coefficient (Wildman–Crippen LogP) is 3.99. The van der Waals surface area contributed by atoms with Crippen LogP contribution in [-0.2, 0) is 27.2 Å². The quantitative estimate of drug-likeness (QED) is 0.561. The molecule has 1 aliphatic carbocycles. The van der Waals surface area contributed by atoms with Crippen LogP contribution in [0.3, 0.4) is 0 Å². The van der Waals surface area contributed by atoms with Gasteiger partial charge in [-0.2, -0.15) is 0 Å². The van der Waals surface area contributed by atoms with Gasteiger partial charge in [0.25, 0.3) is 0 Å². The molecule has 1 spiro atoms. The van der Waals surface area contributed by atoms with E-state index >= 15 is 0 Å². The number of amides is 1. The smallest absolute Gasteiger partial charge is 0.339 e. The monoisotopic (exact) mass is 440 g/mol. The number of carbonyl (C=O) groups excluding carboxylic acids is 2. The molecule has 1 atom stereocenters. The van der Waals surface area contributed by atoms with Crippen LogP contribution in [0.5, 0.6) is 5.88 Å². The molecule has 0 radical (unpaired) electrons. The highest BCUT2D eigenvalue weighted by molar-refractivity contribution is 5.95. The molecule has 33 heavy (non-hydrogen) atoms. The average Bonchev–Trinajstić information content (AvgIpc) is 3.49. The highest BCUT2D eigenvalue weighted by Crippen LogP contribution is 2.52. The van der Waals surface area contributed by atoms with Gasteiger partial charge >= 0.3 is 5.97 Å². The lowest BCUT2D eigenvalue weighted by atomic mass is 9.91. The summed E-state index contributed by atoms with van der Waals surface area (Å²) >= 11 is 0. The Hall–Kier alpha value is -3.67. The normalized spacial score (nSPS) is 22.2. The van der Waals surface area contributed by atoms with Crippen LogP contribution in [0.25, 0.3) is 0 Å². The zero-order valence-corrected chi connectivity index (χ0v) is 18.2. The number of rotatable bonds is 5. The Morgan fingerprint density at radius 3 is 2.55 bits per heavy atom. The van der Waals surface area contributed by atoms with Crippen molar-refractivity contribution in [3.8, 4) is 5.88 Å². The third-order valence-corrected chi connectivity index (χ3v) is 7.12. The Labute approximate surface area is 192 Å². The first-order valence-corrected chi connectivity index (χ1v) is 11.4. The van der Waals surface area contributed by atoms with Gasteiger partial charge < -0.3 is 14.4 Å². The lowest BCUT2D eigenvalue weighted by molar-refractivity contribution is -0.134. The number of fused-ring (bicyclic) bond motifs is 2. The van der Waals surface area contributed by atoms with Gasteiger partial charge in [0.1, 0.15) is 6.61 Å². The number of hydrogen-bond donors (Lipinski definition) is 0. The fourth-order valence-electron chi connectivity index (χ4n) is 5.14. The van der Waals surface area contributed by atoms with Crippen molar-refractivity contribution < 1.29 is 19.1 Å². The lowest BCUT2D eigenvalue weighted by Gasteiger charge is -2.26. The number of pyridine rings is 1. The molecule has 0 bridgehead atoms. The molecule has 3 heterocycles. The van der Waals surface area contributed by atoms with Gasteiger partial charge in [0.05, 0.1) is 17.5 Å². The molecule has 2 aromatic carbocycles. The standard InChI is InChI=1S/C27H24N2O4/c30-24-21-8-4-5-9-22(21)27(33-24)14-15-29(18-27)25(31)26(12-13-26)20-10-11-23(28-16-20)32-17-19-6-2-1-3-7-19/h1-11,16H,12-15,17-18H2. The van der Waals surface area contributed by atoms with Gasteiger partial charge in [0.15, 0.2) is 5.60 Å². The summed E-state index contributed by atoms with van der Waals surface area (Å²) in [7, 11) is 0. The van der Waals surface area contributed by atoms with Crippen molar-refractivity contribution in [1.29, 1.82) is 0 Å². The third-order valence-electron chi connectivity index (χ3n) is 7.12. The van der Waals surface area contributed by atoms with E-state index in [9.17, 15) is 9.59 Å². The maximum Gasteiger partial charge on any atom is 0.339 e. The van der Waals surface area contributed by atoms with Gasteiger partial charge in [-0.15, -0.1) is 0 Å². The van der Waals surface area contributed by atoms with E-state index in [1.165, 1.54) is 0 Å². The number of likely N-dealkylation sites (tertiary alicyclic amines) is 1. The van der Waals surface area contributed by atoms with Gasteiger partial charge in [0, 0.05) is 30.8 Å². The van der Waals surface area contributed by atoms with Crippen LogP contribution in [0, 0.1) is 0 Å². The van der Waals surface area contributed by atoms with Crippen molar-refractivity contribution in [3.05, 3.63) is 95.2 Å². The largest absolute Gasteiger partial charge is 0.473 e. The first-order valence-electron chi connectivity index (χ1n) is 11.4. The van der Waals surface area contributed by atoms with E-state index in [1.54, 1.807) is 12.3 Å². The van der Waals surface area contributed by atoms with Gasteiger partial charge in [-0.1, -0.05) is 54.6 Å². The molecule has 3 aliphatic rings. The molecule has 6 rings (SSSR count). The maximum absolute atomic E-state index is 13.6. The second-order valence-electron chi connectivity index (χ2n) is 9.15. The molecule has 1 aromatic heterocycles. The first kappa shape index (κ1) is 20.0. The molecule has 1 saturated carbocycles. The minimum atomic E-state index is -0.715. The number of benzene rings is 2. The molecular formula is C27H24N2O4. The molecule has 2 fully saturated rings. The van der Waals surface area contributed by atoms with Crippen LogP contribution in [0.2, 0.25) is 0 Å². The molecule has 0 N–H and O–H groups in total. The summed E-state index contributed by atoms with van der Waals surface area (Å²) < 4.78 is 11.6. The Kier molecular flexibility index (Phi) is 4.50. The molecule has 166 valence electrons. The fraction of sp³-hybridized carbons (Fsp3) is 0.296. The van der Waals surface area contributed by atoms with Crippen molar-refractivity contribution >= 4 is 11.9 Å². The minimum absolute atomic E-state index is 0.0968. The van der Waals surface area contributed by atoms with Crippen molar-refractivity contribution in [2.45, 2.75) is 36.9 Å². The maximum atomic E-state index is 13.6. The topological polar surface area (TPSA) is 68.7 Å². The van der Waals surface area contributed by atoms with E-state index in [0.717, 1.165) is 29.5 Å². The van der Waals surface area contributed by atoms with Gasteiger partial charge in [-0.3, -0.25) is 4.79 Å². The molecule has 6 heteroatoms. The highest BCUT2D eigenvalue weighted by atomic mass is 16.6. The summed E-state index contributed by atoms with van der Waals surface area (Å²) in [6.45, 7) is 1.43. The van der Waals surface area contributed by atoms with Crippen LogP contribution < -0.4 is 4.74 Å². The molecule has 1 saturated heterocycles. The summed E-state index contributed by atoms with van der Waals surface area (Å²) in [4.78, 5) is 32.3. The second kappa shape index (κ2) is 7.44. The van der Waals surface area contributed by atoms with Crippen LogP contribution in [0.4, 0.5) is 0 Å². The zero-order chi connectivity index (χ0) is 22.5. The number of esters is 1. The number of hydrogen-bond acceptors (Lipinski definition) is 5. The molecule has 2 aliphatic heterocycles. The summed E-state index contributed by atoms with van der Waals surface area (Å²) in [5.74, 6) is 0.344. The van der Waals surface area contributed by atoms with Crippen LogP contribution in [0.15, 0.2) is 72.9 Å². The van der Waals surface area contributed by atoms with Crippen molar-refractivity contribution in [1.82, 2.24) is 9.88 Å². The second-order valence-corrected chi connectivity index (χ2v) is 9.15. The van der Waals surface area contributed by atoms with E-state index in [0.29, 0.717) is 37.6 Å². The van der Waals surface area contributed by atoms with E-state index in [4.69, 9.17) is 9.47 Å². The van der Waals surface area contributed by atoms with Gasteiger partial charge in [-0.25, -0.2) is 9.78 Å². The van der Waals surface area contributed by atoms with E-state index in [2.05, 4.69) is 4.98 Å². The van der Waals surface area contributed by atoms with Crippen molar-refractivity contribution in [2.24, 2.45) is 0 Å². The van der Waals surface area contributed by atoms with Crippen LogP contribution >= 0.6 is 0 Å². The Bertz CT molecular complexity index is 1220. The van der Waals surface area contributed by atoms with Crippen LogP contribution in [0.1, 0.15) is 46.3 Å². The van der Waals surface area contributed by atoms with Gasteiger partial charge in [-0.05, 0) is 30.0 Å². The Balaban J connectivity index is 1.16. The van der Waals surface area contributed by atoms with Crippen LogP contribution in [-0.4, -0.2) is 34.8 Å². The predicted molar refractivity (Wildman–Crippen MR) is 121 cm³/mol. The SMILES string of the molecule is O=C1OC2(CCN(C(=O)C3(c4ccc(OCc5ccccc5)nc4)CC3)C2)c2ccccc21. The summed E-state index contributed by atoms with van der Waals surface area (Å²) in [5.41, 5.74) is 2.27. The summed E-state index contributed by atoms with van der Waals surface area (Å²) in [6, 6.07) is 21.2. The molecule has 6 nitrogen and oxygen atoms in total. The fourth-order valence-corrected chi connectivity index (χ4v) is 5.14. The molecular weight excluding hydrogens is 416 g/mol. The summed E-state index contributed by atoms with van der Waals surface area (Å²) in [6.07, 6.45) is 4.00. The Morgan fingerprint density at radius 1 is 1.00 bits per heavy atom. The van der Waals surface area contributed by atoms with Gasteiger partial charge in [0.2, 0.25) is 11.8 Å². The van der Waals surface area contributed by atoms with E-state index < -0.39 is 11.0 Å². The Morgan fingerprint density at radius 2 is 1.79 bits per heavy atom. The van der Waals surface area contributed by atoms with E-state index in [-0.39, 0.29) is 11.9 Å². The summed E-state index contributed by atoms with van der Waals surface area (Å²) in [5, 5.41) is 0. The van der Waals surface area contributed by atoms with E-state index in [1.807, 2.05) is 65.6 Å². The van der Waals surface area contributed by atoms with Crippen molar-refractivity contribution in [3.63, 3.8) is 0 Å². The third kappa shape index (κ3) is 3.28. The molecule has 1 unspecified atom stereocenters. The number of aromatic nitrogens is 1. The number of carbonyl (C=O) groups is 2. The zero-order valence-electron chi connectivity index (χ0n) is 18.2. The molecule has 1 amide bonds. The average molecular weight is 440 g/mol.